The van der Waals surface area contributed by atoms with Crippen molar-refractivity contribution < 1.29 is 19.1 Å². The molecule has 0 aromatic carbocycles. The van der Waals surface area contributed by atoms with Gasteiger partial charge in [-0.3, -0.25) is 9.59 Å². The highest BCUT2D eigenvalue weighted by Crippen LogP contribution is 2.55. The van der Waals surface area contributed by atoms with Gasteiger partial charge in [0.05, 0.1) is 18.4 Å². The van der Waals surface area contributed by atoms with Crippen molar-refractivity contribution >= 4 is 11.9 Å². The lowest BCUT2D eigenvalue weighted by molar-refractivity contribution is -0.181. The lowest BCUT2D eigenvalue weighted by atomic mass is 9.55. The van der Waals surface area contributed by atoms with Gasteiger partial charge in [0, 0.05) is 0 Å². The van der Waals surface area contributed by atoms with E-state index in [1.807, 2.05) is 0 Å². The number of rotatable bonds is 7. The highest BCUT2D eigenvalue weighted by molar-refractivity contribution is 5.82. The van der Waals surface area contributed by atoms with Gasteiger partial charge in [-0.25, -0.2) is 0 Å². The Hall–Kier alpha value is -1.06. The molecule has 2 unspecified atom stereocenters. The Balaban J connectivity index is 1.34. The zero-order chi connectivity index (χ0) is 18.8. The largest absolute Gasteiger partial charge is 0.465 e. The van der Waals surface area contributed by atoms with E-state index in [1.165, 1.54) is 32.1 Å². The van der Waals surface area contributed by atoms with Crippen LogP contribution in [0.4, 0.5) is 0 Å². The van der Waals surface area contributed by atoms with Gasteiger partial charge < -0.3 is 9.47 Å². The van der Waals surface area contributed by atoms with E-state index >= 15 is 0 Å². The van der Waals surface area contributed by atoms with Crippen molar-refractivity contribution in [1.29, 1.82) is 0 Å². The van der Waals surface area contributed by atoms with E-state index in [-0.39, 0.29) is 29.9 Å². The average molecular weight is 377 g/mol. The molecule has 5 rings (SSSR count). The minimum Gasteiger partial charge on any atom is -0.465 e. The van der Waals surface area contributed by atoms with Gasteiger partial charge in [0.25, 0.3) is 0 Å². The maximum absolute atomic E-state index is 13.1. The quantitative estimate of drug-likeness (QED) is 0.469. The predicted molar refractivity (Wildman–Crippen MR) is 103 cm³/mol. The number of hydrogen-bond acceptors (Lipinski definition) is 4. The minimum atomic E-state index is -0.287. The van der Waals surface area contributed by atoms with Crippen molar-refractivity contribution in [2.45, 2.75) is 90.1 Å². The van der Waals surface area contributed by atoms with Gasteiger partial charge in [0.1, 0.15) is 6.10 Å². The molecule has 5 fully saturated rings. The third-order valence-corrected chi connectivity index (χ3v) is 7.76. The first-order chi connectivity index (χ1) is 13.2. The predicted octanol–water partition coefficient (Wildman–Crippen LogP) is 4.89. The Morgan fingerprint density at radius 1 is 0.815 bits per heavy atom. The van der Waals surface area contributed by atoms with Crippen LogP contribution in [0.25, 0.3) is 0 Å². The number of carbonyl (C=O) groups excluding carboxylic acids is 2. The van der Waals surface area contributed by atoms with Crippen LogP contribution in [0.2, 0.25) is 0 Å². The molecule has 0 aromatic rings. The maximum Gasteiger partial charge on any atom is 0.310 e. The molecule has 5 aliphatic carbocycles. The van der Waals surface area contributed by atoms with E-state index < -0.39 is 0 Å². The fourth-order valence-electron chi connectivity index (χ4n) is 6.62. The minimum absolute atomic E-state index is 0.109. The molecule has 0 N–H and O–H groups in total. The molecule has 4 bridgehead atoms. The molecule has 152 valence electrons. The summed E-state index contributed by atoms with van der Waals surface area (Å²) < 4.78 is 11.6. The van der Waals surface area contributed by atoms with Gasteiger partial charge in [-0.1, -0.05) is 32.6 Å². The summed E-state index contributed by atoms with van der Waals surface area (Å²) in [6.07, 6.45) is 13.2. The summed E-state index contributed by atoms with van der Waals surface area (Å²) in [4.78, 5) is 25.6. The van der Waals surface area contributed by atoms with Gasteiger partial charge in [-0.15, -0.1) is 0 Å². The van der Waals surface area contributed by atoms with Gasteiger partial charge in [0.15, 0.2) is 0 Å². The molecule has 0 amide bonds. The Morgan fingerprint density at radius 2 is 1.41 bits per heavy atom. The molecule has 0 radical (unpaired) electrons. The summed E-state index contributed by atoms with van der Waals surface area (Å²) in [7, 11) is 0. The topological polar surface area (TPSA) is 52.6 Å². The number of ether oxygens (including phenoxy) is 2. The molecule has 2 atom stereocenters. The van der Waals surface area contributed by atoms with E-state index in [0.717, 1.165) is 56.8 Å². The zero-order valence-electron chi connectivity index (χ0n) is 16.9. The molecule has 0 saturated heterocycles. The first-order valence-electron chi connectivity index (χ1n) is 11.5. The van der Waals surface area contributed by atoms with E-state index in [9.17, 15) is 9.59 Å². The maximum atomic E-state index is 13.1. The van der Waals surface area contributed by atoms with Gasteiger partial charge in [0.2, 0.25) is 0 Å². The molecule has 5 aliphatic rings. The van der Waals surface area contributed by atoms with Crippen molar-refractivity contribution in [3.63, 3.8) is 0 Å². The van der Waals surface area contributed by atoms with Crippen LogP contribution in [0.3, 0.4) is 0 Å². The van der Waals surface area contributed by atoms with Gasteiger partial charge in [-0.2, -0.15) is 0 Å². The van der Waals surface area contributed by atoms with E-state index in [2.05, 4.69) is 6.92 Å². The van der Waals surface area contributed by atoms with Gasteiger partial charge in [-0.05, 0) is 75.0 Å². The molecule has 0 aromatic heterocycles. The summed E-state index contributed by atoms with van der Waals surface area (Å²) in [5, 5.41) is 0. The Morgan fingerprint density at radius 3 is 2.00 bits per heavy atom. The molecular weight excluding hydrogens is 340 g/mol. The molecular formula is C23H36O4. The van der Waals surface area contributed by atoms with Crippen LogP contribution in [0.5, 0.6) is 0 Å². The van der Waals surface area contributed by atoms with E-state index in [0.29, 0.717) is 18.4 Å². The lowest BCUT2D eigenvalue weighted by Crippen LogP contribution is -2.51. The van der Waals surface area contributed by atoms with Crippen molar-refractivity contribution in [3.05, 3.63) is 0 Å². The summed E-state index contributed by atoms with van der Waals surface area (Å²) in [6.45, 7) is 2.62. The second-order valence-electron chi connectivity index (χ2n) is 9.70. The second kappa shape index (κ2) is 8.53. The third-order valence-electron chi connectivity index (χ3n) is 7.76. The molecule has 5 saturated carbocycles. The Labute approximate surface area is 163 Å². The van der Waals surface area contributed by atoms with E-state index in [4.69, 9.17) is 9.47 Å². The van der Waals surface area contributed by atoms with Crippen molar-refractivity contribution in [1.82, 2.24) is 0 Å². The fraction of sp³-hybridized carbons (Fsp3) is 0.913. The summed E-state index contributed by atoms with van der Waals surface area (Å²) in [5.41, 5.74) is 0. The van der Waals surface area contributed by atoms with Crippen molar-refractivity contribution in [3.8, 4) is 0 Å². The number of unbranched alkanes of at least 4 members (excludes halogenated alkanes) is 2. The lowest BCUT2D eigenvalue weighted by Gasteiger charge is -2.53. The molecule has 4 heteroatoms. The molecule has 0 spiro atoms. The van der Waals surface area contributed by atoms with Crippen LogP contribution in [0.1, 0.15) is 84.0 Å². The van der Waals surface area contributed by atoms with Crippen LogP contribution in [0.15, 0.2) is 0 Å². The molecule has 4 nitrogen and oxygen atoms in total. The first kappa shape index (κ1) is 19.3. The number of carbonyl (C=O) groups is 2. The zero-order valence-corrected chi connectivity index (χ0v) is 16.9. The second-order valence-corrected chi connectivity index (χ2v) is 9.70. The SMILES string of the molecule is CCCCCOC(=O)C1CCCCC1C(=O)OC1C2CC3CC(C2)CC1C3. The van der Waals surface area contributed by atoms with Crippen LogP contribution in [-0.2, 0) is 19.1 Å². The average Bonchev–Trinajstić information content (AvgIpc) is 2.67. The van der Waals surface area contributed by atoms with Crippen LogP contribution < -0.4 is 0 Å². The highest BCUT2D eigenvalue weighted by Gasteiger charge is 2.50. The highest BCUT2D eigenvalue weighted by atomic mass is 16.5. The Bertz CT molecular complexity index is 514. The first-order valence-corrected chi connectivity index (χ1v) is 11.5. The van der Waals surface area contributed by atoms with Crippen molar-refractivity contribution in [2.24, 2.45) is 35.5 Å². The normalized spacial score (nSPS) is 40.0. The Kier molecular flexibility index (Phi) is 6.08. The number of hydrogen-bond donors (Lipinski definition) is 0. The van der Waals surface area contributed by atoms with Crippen LogP contribution in [0, 0.1) is 35.5 Å². The molecule has 27 heavy (non-hydrogen) atoms. The molecule has 0 heterocycles. The molecule has 0 aliphatic heterocycles. The monoisotopic (exact) mass is 376 g/mol. The van der Waals surface area contributed by atoms with Crippen LogP contribution >= 0.6 is 0 Å². The standard InChI is InChI=1S/C23H36O4/c1-2-3-6-9-26-22(24)19-7-4-5-8-20(19)23(25)27-21-17-11-15-10-16(13-17)14-18(21)12-15/h15-21H,2-14H2,1H3. The number of esters is 2. The van der Waals surface area contributed by atoms with Crippen LogP contribution in [-0.4, -0.2) is 24.6 Å². The van der Waals surface area contributed by atoms with Crippen molar-refractivity contribution in [2.75, 3.05) is 6.61 Å². The summed E-state index contributed by atoms with van der Waals surface area (Å²) in [6, 6.07) is 0. The summed E-state index contributed by atoms with van der Waals surface area (Å²) >= 11 is 0. The van der Waals surface area contributed by atoms with E-state index in [1.54, 1.807) is 0 Å². The van der Waals surface area contributed by atoms with Gasteiger partial charge >= 0.3 is 11.9 Å². The summed E-state index contributed by atoms with van der Waals surface area (Å²) in [5.74, 6) is 2.06. The smallest absolute Gasteiger partial charge is 0.310 e. The fourth-order valence-corrected chi connectivity index (χ4v) is 6.62. The third kappa shape index (κ3) is 4.19.